The van der Waals surface area contributed by atoms with E-state index in [0.29, 0.717) is 0 Å². The van der Waals surface area contributed by atoms with E-state index in [1.54, 1.807) is 19.1 Å². The minimum atomic E-state index is -0.628. The number of carbonyl (C=O) groups excluding carboxylic acids is 1. The lowest BCUT2D eigenvalue weighted by atomic mass is 9.81. The zero-order valence-corrected chi connectivity index (χ0v) is 13.3. The molecule has 5 heteroatoms. The van der Waals surface area contributed by atoms with Crippen LogP contribution in [0.4, 0.5) is 5.69 Å². The largest absolute Gasteiger partial charge is 0.497 e. The Morgan fingerprint density at radius 3 is 2.50 bits per heavy atom. The summed E-state index contributed by atoms with van der Waals surface area (Å²) in [5.74, 6) is 0.721. The third-order valence-corrected chi connectivity index (χ3v) is 4.44. The van der Waals surface area contributed by atoms with Gasteiger partial charge in [0.2, 0.25) is 5.91 Å². The summed E-state index contributed by atoms with van der Waals surface area (Å²) in [7, 11) is 3.36. The second-order valence-electron chi connectivity index (χ2n) is 5.74. The van der Waals surface area contributed by atoms with Gasteiger partial charge in [0.15, 0.2) is 0 Å². The van der Waals surface area contributed by atoms with Gasteiger partial charge in [0.05, 0.1) is 19.7 Å². The summed E-state index contributed by atoms with van der Waals surface area (Å²) in [6.07, 6.45) is 4.71. The topological polar surface area (TPSA) is 65.4 Å². The van der Waals surface area contributed by atoms with Crippen molar-refractivity contribution >= 4 is 11.6 Å². The molecule has 0 aliphatic heterocycles. The Kier molecular flexibility index (Phi) is 5.26. The second-order valence-corrected chi connectivity index (χ2v) is 5.74. The molecule has 0 atom stereocenters. The third-order valence-electron chi connectivity index (χ3n) is 4.44. The highest BCUT2D eigenvalue weighted by Gasteiger charge is 2.38. The van der Waals surface area contributed by atoms with Crippen molar-refractivity contribution in [2.45, 2.75) is 37.6 Å². The summed E-state index contributed by atoms with van der Waals surface area (Å²) < 4.78 is 5.10. The van der Waals surface area contributed by atoms with Crippen molar-refractivity contribution < 1.29 is 9.53 Å². The average molecular weight is 301 g/mol. The molecule has 1 N–H and O–H groups in total. The lowest BCUT2D eigenvalue weighted by molar-refractivity contribution is -0.132. The zero-order chi connectivity index (χ0) is 16.0. The van der Waals surface area contributed by atoms with Crippen LogP contribution >= 0.6 is 0 Å². The highest BCUT2D eigenvalue weighted by molar-refractivity contribution is 5.81. The van der Waals surface area contributed by atoms with Crippen LogP contribution in [-0.4, -0.2) is 37.0 Å². The number of ether oxygens (including phenoxy) is 1. The predicted octanol–water partition coefficient (Wildman–Crippen LogP) is 2.79. The molecule has 0 spiro atoms. The van der Waals surface area contributed by atoms with Gasteiger partial charge in [-0.05, 0) is 37.1 Å². The summed E-state index contributed by atoms with van der Waals surface area (Å²) >= 11 is 0. The van der Waals surface area contributed by atoms with Crippen molar-refractivity contribution in [3.8, 4) is 11.8 Å². The van der Waals surface area contributed by atoms with Crippen LogP contribution in [0.5, 0.6) is 5.75 Å². The van der Waals surface area contributed by atoms with E-state index in [4.69, 9.17) is 4.74 Å². The quantitative estimate of drug-likeness (QED) is 0.908. The molecular formula is C17H23N3O2. The summed E-state index contributed by atoms with van der Waals surface area (Å²) in [5.41, 5.74) is 0.230. The normalized spacial score (nSPS) is 16.4. The Hall–Kier alpha value is -2.22. The minimum Gasteiger partial charge on any atom is -0.497 e. The van der Waals surface area contributed by atoms with E-state index in [0.717, 1.165) is 43.5 Å². The van der Waals surface area contributed by atoms with Gasteiger partial charge < -0.3 is 15.0 Å². The smallest absolute Gasteiger partial charge is 0.242 e. The van der Waals surface area contributed by atoms with E-state index >= 15 is 0 Å². The van der Waals surface area contributed by atoms with Crippen LogP contribution in [0.2, 0.25) is 0 Å². The van der Waals surface area contributed by atoms with Crippen LogP contribution in [0.3, 0.4) is 0 Å². The molecule has 0 heterocycles. The number of anilines is 1. The monoisotopic (exact) mass is 301 g/mol. The van der Waals surface area contributed by atoms with E-state index in [1.165, 1.54) is 0 Å². The molecule has 118 valence electrons. The summed E-state index contributed by atoms with van der Waals surface area (Å²) in [5, 5.41) is 12.6. The third kappa shape index (κ3) is 3.51. The van der Waals surface area contributed by atoms with Gasteiger partial charge in [0.1, 0.15) is 11.3 Å². The molecule has 1 saturated carbocycles. The van der Waals surface area contributed by atoms with E-state index in [1.807, 2.05) is 24.3 Å². The molecule has 1 aromatic carbocycles. The van der Waals surface area contributed by atoms with E-state index in [9.17, 15) is 10.1 Å². The van der Waals surface area contributed by atoms with Gasteiger partial charge in [-0.1, -0.05) is 19.3 Å². The molecule has 5 nitrogen and oxygen atoms in total. The lowest BCUT2D eigenvalue weighted by Gasteiger charge is -2.39. The molecule has 1 amide bonds. The molecular weight excluding hydrogens is 278 g/mol. The van der Waals surface area contributed by atoms with Crippen molar-refractivity contribution in [3.63, 3.8) is 0 Å². The number of benzene rings is 1. The first kappa shape index (κ1) is 16.2. The Bertz CT molecular complexity index is 542. The van der Waals surface area contributed by atoms with Crippen LogP contribution in [0.1, 0.15) is 32.1 Å². The van der Waals surface area contributed by atoms with E-state index < -0.39 is 5.54 Å². The fraction of sp³-hybridized carbons (Fsp3) is 0.529. The van der Waals surface area contributed by atoms with Gasteiger partial charge in [-0.15, -0.1) is 0 Å². The number of hydrogen-bond acceptors (Lipinski definition) is 4. The number of nitrogens with zero attached hydrogens (tertiary/aromatic N) is 2. The first-order valence-corrected chi connectivity index (χ1v) is 7.67. The van der Waals surface area contributed by atoms with Crippen LogP contribution in [-0.2, 0) is 4.79 Å². The Balaban J connectivity index is 1.94. The van der Waals surface area contributed by atoms with Gasteiger partial charge in [-0.3, -0.25) is 4.79 Å². The van der Waals surface area contributed by atoms with Crippen molar-refractivity contribution in [3.05, 3.63) is 24.3 Å². The maximum absolute atomic E-state index is 12.4. The standard InChI is InChI=1S/C17H23N3O2/c1-20(17(13-18)10-4-3-5-11-17)16(21)12-19-14-6-8-15(22-2)9-7-14/h6-9,19H,3-5,10-12H2,1-2H3. The van der Waals surface area contributed by atoms with Crippen LogP contribution < -0.4 is 10.1 Å². The van der Waals surface area contributed by atoms with Gasteiger partial charge >= 0.3 is 0 Å². The first-order valence-electron chi connectivity index (χ1n) is 7.67. The van der Waals surface area contributed by atoms with E-state index in [2.05, 4.69) is 11.4 Å². The van der Waals surface area contributed by atoms with Crippen LogP contribution in [0.25, 0.3) is 0 Å². The Morgan fingerprint density at radius 2 is 1.95 bits per heavy atom. The summed E-state index contributed by atoms with van der Waals surface area (Å²) in [6, 6.07) is 9.79. The molecule has 2 rings (SSSR count). The van der Waals surface area contributed by atoms with E-state index in [-0.39, 0.29) is 12.5 Å². The number of carbonyl (C=O) groups is 1. The first-order chi connectivity index (χ1) is 10.6. The number of nitriles is 1. The predicted molar refractivity (Wildman–Crippen MR) is 85.7 cm³/mol. The van der Waals surface area contributed by atoms with Crippen LogP contribution in [0, 0.1) is 11.3 Å². The zero-order valence-electron chi connectivity index (χ0n) is 13.3. The van der Waals surface area contributed by atoms with Crippen LogP contribution in [0.15, 0.2) is 24.3 Å². The summed E-state index contributed by atoms with van der Waals surface area (Å²) in [6.45, 7) is 0.187. The molecule has 1 aromatic rings. The molecule has 0 saturated heterocycles. The molecule has 1 aliphatic rings. The number of likely N-dealkylation sites (N-methyl/N-ethyl adjacent to an activating group) is 1. The van der Waals surface area contributed by atoms with Crippen molar-refractivity contribution in [2.24, 2.45) is 0 Å². The summed E-state index contributed by atoms with van der Waals surface area (Å²) in [4.78, 5) is 14.0. The number of hydrogen-bond donors (Lipinski definition) is 1. The number of rotatable bonds is 5. The van der Waals surface area contributed by atoms with Crippen molar-refractivity contribution in [1.82, 2.24) is 4.90 Å². The number of nitrogens with one attached hydrogen (secondary N) is 1. The highest BCUT2D eigenvalue weighted by atomic mass is 16.5. The minimum absolute atomic E-state index is 0.0562. The molecule has 22 heavy (non-hydrogen) atoms. The molecule has 0 bridgehead atoms. The number of amides is 1. The van der Waals surface area contributed by atoms with Gasteiger partial charge in [0, 0.05) is 12.7 Å². The molecule has 1 aliphatic carbocycles. The van der Waals surface area contributed by atoms with Gasteiger partial charge in [-0.2, -0.15) is 5.26 Å². The SMILES string of the molecule is COc1ccc(NCC(=O)N(C)C2(C#N)CCCCC2)cc1. The number of methoxy groups -OCH3 is 1. The molecule has 0 aromatic heterocycles. The average Bonchev–Trinajstić information content (AvgIpc) is 2.60. The second kappa shape index (κ2) is 7.17. The molecule has 1 fully saturated rings. The Morgan fingerprint density at radius 1 is 1.32 bits per heavy atom. The lowest BCUT2D eigenvalue weighted by Crippen LogP contribution is -2.51. The van der Waals surface area contributed by atoms with Gasteiger partial charge in [0.25, 0.3) is 0 Å². The maximum Gasteiger partial charge on any atom is 0.242 e. The fourth-order valence-electron chi connectivity index (χ4n) is 2.90. The van der Waals surface area contributed by atoms with Crippen molar-refractivity contribution in [1.29, 1.82) is 5.26 Å². The molecule has 0 radical (unpaired) electrons. The fourth-order valence-corrected chi connectivity index (χ4v) is 2.90. The van der Waals surface area contributed by atoms with Gasteiger partial charge in [-0.25, -0.2) is 0 Å². The van der Waals surface area contributed by atoms with Crippen molar-refractivity contribution in [2.75, 3.05) is 26.0 Å². The maximum atomic E-state index is 12.4. The Labute approximate surface area is 131 Å². The molecule has 0 unspecified atom stereocenters. The highest BCUT2D eigenvalue weighted by Crippen LogP contribution is 2.32.